The van der Waals surface area contributed by atoms with Crippen LogP contribution in [0.3, 0.4) is 0 Å². The minimum Gasteiger partial charge on any atom is -0.466 e. The normalized spacial score (nSPS) is 27.0. The van der Waals surface area contributed by atoms with Crippen LogP contribution in [0.4, 0.5) is 0 Å². The Kier molecular flexibility index (Phi) is 3.26. The van der Waals surface area contributed by atoms with Gasteiger partial charge in [-0.1, -0.05) is 0 Å². The van der Waals surface area contributed by atoms with E-state index in [0.717, 1.165) is 19.6 Å². The van der Waals surface area contributed by atoms with Gasteiger partial charge in [-0.15, -0.1) is 0 Å². The maximum atomic E-state index is 10.9. The molecule has 0 aromatic carbocycles. The van der Waals surface area contributed by atoms with Crippen molar-refractivity contribution >= 4 is 5.97 Å². The Hall–Kier alpha value is -1.03. The molecule has 2 aliphatic rings. The first-order valence-corrected chi connectivity index (χ1v) is 5.54. The van der Waals surface area contributed by atoms with E-state index in [-0.39, 0.29) is 5.97 Å². The second kappa shape index (κ2) is 4.66. The summed E-state index contributed by atoms with van der Waals surface area (Å²) >= 11 is 0. The average molecular weight is 210 g/mol. The minimum atomic E-state index is -0.274. The third-order valence-corrected chi connectivity index (χ3v) is 3.24. The van der Waals surface area contributed by atoms with E-state index in [1.165, 1.54) is 32.6 Å². The van der Waals surface area contributed by atoms with Crippen molar-refractivity contribution in [1.29, 1.82) is 0 Å². The summed E-state index contributed by atoms with van der Waals surface area (Å²) in [6.45, 7) is 4.44. The van der Waals surface area contributed by atoms with Crippen LogP contribution in [-0.4, -0.2) is 55.1 Å². The molecule has 0 saturated carbocycles. The molecule has 84 valence electrons. The molecule has 0 amide bonds. The monoisotopic (exact) mass is 210 g/mol. The molecule has 0 aromatic heterocycles. The highest BCUT2D eigenvalue weighted by Gasteiger charge is 2.29. The summed E-state index contributed by atoms with van der Waals surface area (Å²) in [5, 5.41) is 0. The first-order valence-electron chi connectivity index (χ1n) is 5.54. The zero-order chi connectivity index (χ0) is 10.7. The van der Waals surface area contributed by atoms with Gasteiger partial charge in [0.2, 0.25) is 0 Å². The highest BCUT2D eigenvalue weighted by atomic mass is 16.5. The first kappa shape index (κ1) is 10.5. The van der Waals surface area contributed by atoms with Gasteiger partial charge in [0, 0.05) is 38.0 Å². The average Bonchev–Trinajstić information content (AvgIpc) is 2.72. The second-order valence-electron chi connectivity index (χ2n) is 4.17. The van der Waals surface area contributed by atoms with E-state index >= 15 is 0 Å². The number of piperazine rings is 1. The van der Waals surface area contributed by atoms with Crippen molar-refractivity contribution in [2.45, 2.75) is 18.9 Å². The fourth-order valence-electron chi connectivity index (χ4n) is 2.38. The van der Waals surface area contributed by atoms with E-state index in [1.807, 2.05) is 6.20 Å². The molecule has 0 bridgehead atoms. The van der Waals surface area contributed by atoms with E-state index in [1.54, 1.807) is 0 Å². The molecule has 4 heteroatoms. The minimum absolute atomic E-state index is 0.274. The number of ether oxygens (including phenoxy) is 1. The standard InChI is InChI=1S/C11H18N2O2/c1-15-11(14)4-6-12-7-8-13-5-2-3-10(13)9-12/h4,6,10H,2-3,5,7-9H2,1H3. The molecular weight excluding hydrogens is 192 g/mol. The Morgan fingerprint density at radius 2 is 2.27 bits per heavy atom. The molecule has 0 radical (unpaired) electrons. The molecule has 0 aliphatic carbocycles. The highest BCUT2D eigenvalue weighted by Crippen LogP contribution is 2.21. The molecule has 1 atom stereocenters. The Bertz CT molecular complexity index is 265. The number of hydrogen-bond donors (Lipinski definition) is 0. The Morgan fingerprint density at radius 3 is 3.07 bits per heavy atom. The zero-order valence-corrected chi connectivity index (χ0v) is 9.19. The van der Waals surface area contributed by atoms with Gasteiger partial charge in [0.1, 0.15) is 0 Å². The molecular formula is C11H18N2O2. The van der Waals surface area contributed by atoms with Crippen LogP contribution in [0, 0.1) is 0 Å². The smallest absolute Gasteiger partial charge is 0.331 e. The van der Waals surface area contributed by atoms with Crippen molar-refractivity contribution in [3.8, 4) is 0 Å². The molecule has 2 aliphatic heterocycles. The van der Waals surface area contributed by atoms with E-state index in [2.05, 4.69) is 14.5 Å². The Balaban J connectivity index is 1.85. The molecule has 0 aromatic rings. The summed E-state index contributed by atoms with van der Waals surface area (Å²) in [7, 11) is 1.40. The predicted octanol–water partition coefficient (Wildman–Crippen LogP) is 0.453. The molecule has 2 rings (SSSR count). The number of fused-ring (bicyclic) bond motifs is 1. The van der Waals surface area contributed by atoms with Gasteiger partial charge in [-0.25, -0.2) is 4.79 Å². The second-order valence-corrected chi connectivity index (χ2v) is 4.17. The number of nitrogens with zero attached hydrogens (tertiary/aromatic N) is 2. The number of carbonyl (C=O) groups excluding carboxylic acids is 1. The maximum absolute atomic E-state index is 10.9. The molecule has 0 spiro atoms. The highest BCUT2D eigenvalue weighted by molar-refractivity contribution is 5.81. The lowest BCUT2D eigenvalue weighted by Gasteiger charge is -2.36. The third kappa shape index (κ3) is 2.50. The Morgan fingerprint density at radius 1 is 1.40 bits per heavy atom. The van der Waals surface area contributed by atoms with Gasteiger partial charge < -0.3 is 9.64 Å². The summed E-state index contributed by atoms with van der Waals surface area (Å²) in [6.07, 6.45) is 5.98. The molecule has 0 N–H and O–H groups in total. The van der Waals surface area contributed by atoms with Crippen molar-refractivity contribution in [1.82, 2.24) is 9.80 Å². The van der Waals surface area contributed by atoms with Crippen LogP contribution in [0.2, 0.25) is 0 Å². The van der Waals surface area contributed by atoms with Crippen LogP contribution in [0.25, 0.3) is 0 Å². The SMILES string of the molecule is COC(=O)C=CN1CCN2CCCC2C1. The fraction of sp³-hybridized carbons (Fsp3) is 0.727. The van der Waals surface area contributed by atoms with Crippen LogP contribution in [0.1, 0.15) is 12.8 Å². The zero-order valence-electron chi connectivity index (χ0n) is 9.19. The topological polar surface area (TPSA) is 32.8 Å². The number of carbonyl (C=O) groups is 1. The number of methoxy groups -OCH3 is 1. The van der Waals surface area contributed by atoms with Gasteiger partial charge in [-0.05, 0) is 19.4 Å². The molecule has 2 saturated heterocycles. The van der Waals surface area contributed by atoms with Crippen molar-refractivity contribution in [3.05, 3.63) is 12.3 Å². The largest absolute Gasteiger partial charge is 0.466 e. The van der Waals surface area contributed by atoms with Crippen LogP contribution in [0.5, 0.6) is 0 Å². The molecule has 15 heavy (non-hydrogen) atoms. The van der Waals surface area contributed by atoms with E-state index in [4.69, 9.17) is 0 Å². The molecule has 1 unspecified atom stereocenters. The van der Waals surface area contributed by atoms with Crippen LogP contribution in [0.15, 0.2) is 12.3 Å². The molecule has 4 nitrogen and oxygen atoms in total. The lowest BCUT2D eigenvalue weighted by atomic mass is 10.2. The maximum Gasteiger partial charge on any atom is 0.331 e. The van der Waals surface area contributed by atoms with E-state index < -0.39 is 0 Å². The first-order chi connectivity index (χ1) is 7.29. The van der Waals surface area contributed by atoms with E-state index in [0.29, 0.717) is 6.04 Å². The van der Waals surface area contributed by atoms with Crippen molar-refractivity contribution in [2.75, 3.05) is 33.3 Å². The lowest BCUT2D eigenvalue weighted by Crippen LogP contribution is -2.47. The van der Waals surface area contributed by atoms with Crippen molar-refractivity contribution in [3.63, 3.8) is 0 Å². The van der Waals surface area contributed by atoms with Gasteiger partial charge in [-0.3, -0.25) is 4.90 Å². The lowest BCUT2D eigenvalue weighted by molar-refractivity contribution is -0.134. The third-order valence-electron chi connectivity index (χ3n) is 3.24. The predicted molar refractivity (Wildman–Crippen MR) is 57.3 cm³/mol. The molecule has 2 heterocycles. The number of esters is 1. The Labute approximate surface area is 90.5 Å². The van der Waals surface area contributed by atoms with Gasteiger partial charge in [0.15, 0.2) is 0 Å². The fourth-order valence-corrected chi connectivity index (χ4v) is 2.38. The van der Waals surface area contributed by atoms with Crippen LogP contribution < -0.4 is 0 Å². The summed E-state index contributed by atoms with van der Waals surface area (Å²) in [6, 6.07) is 0.695. The number of rotatable bonds is 2. The summed E-state index contributed by atoms with van der Waals surface area (Å²) in [5.41, 5.74) is 0. The van der Waals surface area contributed by atoms with Crippen LogP contribution in [-0.2, 0) is 9.53 Å². The summed E-state index contributed by atoms with van der Waals surface area (Å²) in [4.78, 5) is 15.7. The summed E-state index contributed by atoms with van der Waals surface area (Å²) in [5.74, 6) is -0.274. The summed E-state index contributed by atoms with van der Waals surface area (Å²) < 4.78 is 4.57. The van der Waals surface area contributed by atoms with Crippen molar-refractivity contribution in [2.24, 2.45) is 0 Å². The van der Waals surface area contributed by atoms with Gasteiger partial charge in [-0.2, -0.15) is 0 Å². The quantitative estimate of drug-likeness (QED) is 0.489. The van der Waals surface area contributed by atoms with Crippen molar-refractivity contribution < 1.29 is 9.53 Å². The van der Waals surface area contributed by atoms with E-state index in [9.17, 15) is 4.79 Å². The van der Waals surface area contributed by atoms with Crippen LogP contribution >= 0.6 is 0 Å². The van der Waals surface area contributed by atoms with Gasteiger partial charge in [0.25, 0.3) is 0 Å². The van der Waals surface area contributed by atoms with Gasteiger partial charge in [0.05, 0.1) is 7.11 Å². The molecule has 2 fully saturated rings. The number of hydrogen-bond acceptors (Lipinski definition) is 4. The van der Waals surface area contributed by atoms with Gasteiger partial charge >= 0.3 is 5.97 Å².